The average Bonchev–Trinajstić information content (AvgIpc) is 3.03. The number of aliphatic hydroxyl groups is 1. The number of rotatable bonds is 8. The second-order valence-corrected chi connectivity index (χ2v) is 6.69. The Labute approximate surface area is 140 Å². The minimum atomic E-state index is -0.199. The lowest BCUT2D eigenvalue weighted by Gasteiger charge is -2.18. The molecule has 2 aromatic heterocycles. The van der Waals surface area contributed by atoms with Gasteiger partial charge in [-0.3, -0.25) is 4.79 Å². The van der Waals surface area contributed by atoms with Crippen molar-refractivity contribution in [3.8, 4) is 10.8 Å². The molecule has 23 heavy (non-hydrogen) atoms. The zero-order chi connectivity index (χ0) is 16.7. The molecule has 0 aliphatic heterocycles. The van der Waals surface area contributed by atoms with Crippen LogP contribution >= 0.6 is 11.3 Å². The number of carbonyl (C=O) groups excluding carboxylic acids is 1. The molecule has 6 nitrogen and oxygen atoms in total. The van der Waals surface area contributed by atoms with Gasteiger partial charge in [0.1, 0.15) is 5.69 Å². The Morgan fingerprint density at radius 1 is 1.35 bits per heavy atom. The van der Waals surface area contributed by atoms with Crippen molar-refractivity contribution >= 4 is 17.2 Å². The Balaban J connectivity index is 1.94. The first-order valence-corrected chi connectivity index (χ1v) is 8.60. The predicted molar refractivity (Wildman–Crippen MR) is 90.1 cm³/mol. The third-order valence-corrected chi connectivity index (χ3v) is 4.23. The fraction of sp³-hybridized carbons (Fsp3) is 0.500. The standard InChI is InChI=1S/C16H22N4O2S/c1-11(2)8-12(4-7-21)9-19-15(22)13-10-23-16(20-13)14-17-5-3-6-18-14/h3,5-6,10-12,21H,4,7-9H2,1-2H3,(H,19,22). The smallest absolute Gasteiger partial charge is 0.270 e. The molecule has 1 unspecified atom stereocenters. The summed E-state index contributed by atoms with van der Waals surface area (Å²) in [5.41, 5.74) is 0.379. The molecule has 0 fully saturated rings. The highest BCUT2D eigenvalue weighted by atomic mass is 32.1. The van der Waals surface area contributed by atoms with Crippen molar-refractivity contribution in [3.05, 3.63) is 29.5 Å². The molecule has 0 aliphatic rings. The molecular formula is C16H22N4O2S. The second kappa shape index (κ2) is 8.69. The summed E-state index contributed by atoms with van der Waals surface area (Å²) in [5, 5.41) is 14.4. The van der Waals surface area contributed by atoms with Crippen LogP contribution in [0.15, 0.2) is 23.8 Å². The Bertz CT molecular complexity index is 616. The third kappa shape index (κ3) is 5.37. The van der Waals surface area contributed by atoms with Crippen LogP contribution in [0.3, 0.4) is 0 Å². The normalized spacial score (nSPS) is 12.3. The molecule has 7 heteroatoms. The Morgan fingerprint density at radius 3 is 2.74 bits per heavy atom. The lowest BCUT2D eigenvalue weighted by Crippen LogP contribution is -2.30. The van der Waals surface area contributed by atoms with Gasteiger partial charge in [-0.1, -0.05) is 13.8 Å². The van der Waals surface area contributed by atoms with E-state index < -0.39 is 0 Å². The minimum Gasteiger partial charge on any atom is -0.396 e. The van der Waals surface area contributed by atoms with Crippen LogP contribution in [-0.2, 0) is 0 Å². The van der Waals surface area contributed by atoms with Gasteiger partial charge in [-0.2, -0.15) is 0 Å². The van der Waals surface area contributed by atoms with Crippen LogP contribution in [0.1, 0.15) is 37.2 Å². The van der Waals surface area contributed by atoms with E-state index in [1.165, 1.54) is 11.3 Å². The Hall–Kier alpha value is -1.86. The molecule has 0 saturated heterocycles. The van der Waals surface area contributed by atoms with Crippen LogP contribution < -0.4 is 5.32 Å². The van der Waals surface area contributed by atoms with Gasteiger partial charge in [0.05, 0.1) is 0 Å². The highest BCUT2D eigenvalue weighted by molar-refractivity contribution is 7.13. The summed E-state index contributed by atoms with van der Waals surface area (Å²) in [7, 11) is 0. The van der Waals surface area contributed by atoms with Crippen molar-refractivity contribution in [2.45, 2.75) is 26.7 Å². The fourth-order valence-corrected chi connectivity index (χ4v) is 3.12. The van der Waals surface area contributed by atoms with E-state index in [1.54, 1.807) is 23.8 Å². The molecule has 0 aromatic carbocycles. The van der Waals surface area contributed by atoms with E-state index in [0.29, 0.717) is 35.4 Å². The first kappa shape index (κ1) is 17.5. The molecular weight excluding hydrogens is 312 g/mol. The minimum absolute atomic E-state index is 0.138. The number of hydrogen-bond acceptors (Lipinski definition) is 6. The van der Waals surface area contributed by atoms with E-state index in [1.807, 2.05) is 0 Å². The number of aromatic nitrogens is 3. The summed E-state index contributed by atoms with van der Waals surface area (Å²) in [6, 6.07) is 1.74. The molecule has 2 aromatic rings. The molecule has 2 heterocycles. The Kier molecular flexibility index (Phi) is 6.61. The van der Waals surface area contributed by atoms with Crippen LogP contribution in [0, 0.1) is 11.8 Å². The van der Waals surface area contributed by atoms with Crippen LogP contribution in [0.5, 0.6) is 0 Å². The first-order valence-electron chi connectivity index (χ1n) is 7.72. The van der Waals surface area contributed by atoms with Crippen molar-refractivity contribution in [1.82, 2.24) is 20.3 Å². The SMILES string of the molecule is CC(C)CC(CCO)CNC(=O)c1csc(-c2ncccn2)n1. The van der Waals surface area contributed by atoms with Gasteiger partial charge in [0, 0.05) is 30.9 Å². The highest BCUT2D eigenvalue weighted by Crippen LogP contribution is 2.20. The molecule has 0 bridgehead atoms. The number of amides is 1. The van der Waals surface area contributed by atoms with Crippen LogP contribution in [-0.4, -0.2) is 39.1 Å². The zero-order valence-electron chi connectivity index (χ0n) is 13.4. The zero-order valence-corrected chi connectivity index (χ0v) is 14.2. The maximum absolute atomic E-state index is 12.2. The van der Waals surface area contributed by atoms with Gasteiger partial charge in [0.25, 0.3) is 5.91 Å². The van der Waals surface area contributed by atoms with Crippen molar-refractivity contribution in [2.24, 2.45) is 11.8 Å². The summed E-state index contributed by atoms with van der Waals surface area (Å²) in [4.78, 5) is 24.8. The maximum atomic E-state index is 12.2. The second-order valence-electron chi connectivity index (χ2n) is 5.83. The van der Waals surface area contributed by atoms with Crippen LogP contribution in [0.2, 0.25) is 0 Å². The lowest BCUT2D eigenvalue weighted by atomic mass is 9.94. The number of nitrogens with one attached hydrogen (secondary N) is 1. The van der Waals surface area contributed by atoms with Crippen molar-refractivity contribution in [2.75, 3.05) is 13.2 Å². The molecule has 0 saturated carbocycles. The molecule has 2 N–H and O–H groups in total. The van der Waals surface area contributed by atoms with Crippen LogP contribution in [0.25, 0.3) is 10.8 Å². The molecule has 1 amide bonds. The molecule has 0 radical (unpaired) electrons. The number of nitrogens with zero attached hydrogens (tertiary/aromatic N) is 3. The van der Waals surface area contributed by atoms with E-state index in [9.17, 15) is 4.79 Å². The quantitative estimate of drug-likeness (QED) is 0.774. The van der Waals surface area contributed by atoms with Gasteiger partial charge in [-0.15, -0.1) is 11.3 Å². The Morgan fingerprint density at radius 2 is 2.09 bits per heavy atom. The van der Waals surface area contributed by atoms with Gasteiger partial charge < -0.3 is 10.4 Å². The van der Waals surface area contributed by atoms with Crippen LogP contribution in [0.4, 0.5) is 0 Å². The van der Waals surface area contributed by atoms with E-state index in [-0.39, 0.29) is 18.4 Å². The van der Waals surface area contributed by atoms with Gasteiger partial charge >= 0.3 is 0 Å². The van der Waals surface area contributed by atoms with Gasteiger partial charge in [0.15, 0.2) is 10.8 Å². The van der Waals surface area contributed by atoms with Gasteiger partial charge in [0.2, 0.25) is 0 Å². The molecule has 1 atom stereocenters. The molecule has 2 rings (SSSR count). The van der Waals surface area contributed by atoms with E-state index in [2.05, 4.69) is 34.1 Å². The van der Waals surface area contributed by atoms with E-state index >= 15 is 0 Å². The number of hydrogen-bond donors (Lipinski definition) is 2. The third-order valence-electron chi connectivity index (χ3n) is 3.39. The molecule has 0 spiro atoms. The van der Waals surface area contributed by atoms with Crippen molar-refractivity contribution in [3.63, 3.8) is 0 Å². The number of aliphatic hydroxyl groups excluding tert-OH is 1. The maximum Gasteiger partial charge on any atom is 0.270 e. The first-order chi connectivity index (χ1) is 11.1. The highest BCUT2D eigenvalue weighted by Gasteiger charge is 2.16. The summed E-state index contributed by atoms with van der Waals surface area (Å²) >= 11 is 1.35. The van der Waals surface area contributed by atoms with Crippen molar-refractivity contribution in [1.29, 1.82) is 0 Å². The molecule has 124 valence electrons. The largest absolute Gasteiger partial charge is 0.396 e. The number of thiazole rings is 1. The molecule has 0 aliphatic carbocycles. The topological polar surface area (TPSA) is 88.0 Å². The fourth-order valence-electron chi connectivity index (χ4n) is 2.37. The van der Waals surface area contributed by atoms with Crippen molar-refractivity contribution < 1.29 is 9.90 Å². The summed E-state index contributed by atoms with van der Waals surface area (Å²) in [6.45, 7) is 4.96. The van der Waals surface area contributed by atoms with Gasteiger partial charge in [-0.25, -0.2) is 15.0 Å². The lowest BCUT2D eigenvalue weighted by molar-refractivity contribution is 0.0937. The van der Waals surface area contributed by atoms with E-state index in [0.717, 1.165) is 6.42 Å². The summed E-state index contributed by atoms with van der Waals surface area (Å²) in [6.07, 6.45) is 4.96. The summed E-state index contributed by atoms with van der Waals surface area (Å²) < 4.78 is 0. The van der Waals surface area contributed by atoms with E-state index in [4.69, 9.17) is 5.11 Å². The monoisotopic (exact) mass is 334 g/mol. The average molecular weight is 334 g/mol. The number of carbonyl (C=O) groups is 1. The van der Waals surface area contributed by atoms with Gasteiger partial charge in [-0.05, 0) is 30.7 Å². The predicted octanol–water partition coefficient (Wildman–Crippen LogP) is 2.37. The summed E-state index contributed by atoms with van der Waals surface area (Å²) in [5.74, 6) is 1.13.